The van der Waals surface area contributed by atoms with Gasteiger partial charge in [0.15, 0.2) is 5.78 Å². The van der Waals surface area contributed by atoms with Crippen LogP contribution in [0, 0.1) is 13.8 Å². The number of carbonyl (C=O) groups is 2. The van der Waals surface area contributed by atoms with E-state index in [1.165, 1.54) is 0 Å². The minimum Gasteiger partial charge on any atom is -0.494 e. The van der Waals surface area contributed by atoms with Crippen molar-refractivity contribution in [1.82, 2.24) is 0 Å². The molecule has 0 N–H and O–H groups in total. The summed E-state index contributed by atoms with van der Waals surface area (Å²) in [5.41, 5.74) is 5.73. The molecular formula is C25H27NO3. The molecule has 1 heterocycles. The monoisotopic (exact) mass is 389 g/mol. The highest BCUT2D eigenvalue weighted by atomic mass is 16.5. The molecule has 0 saturated carbocycles. The number of carbonyl (C=O) groups excluding carboxylic acids is 2. The van der Waals surface area contributed by atoms with Crippen molar-refractivity contribution >= 4 is 17.4 Å². The van der Waals surface area contributed by atoms with Crippen LogP contribution >= 0.6 is 0 Å². The van der Waals surface area contributed by atoms with Crippen molar-refractivity contribution in [3.05, 3.63) is 70.4 Å². The Labute approximate surface area is 172 Å². The van der Waals surface area contributed by atoms with E-state index in [4.69, 9.17) is 4.74 Å². The van der Waals surface area contributed by atoms with Gasteiger partial charge in [-0.15, -0.1) is 0 Å². The molecule has 1 amide bonds. The summed E-state index contributed by atoms with van der Waals surface area (Å²) in [6.07, 6.45) is 2.35. The molecule has 4 rings (SSSR count). The van der Waals surface area contributed by atoms with Crippen LogP contribution in [0.1, 0.15) is 55.2 Å². The molecule has 0 aromatic heterocycles. The summed E-state index contributed by atoms with van der Waals surface area (Å²) >= 11 is 0. The second kappa shape index (κ2) is 7.86. The van der Waals surface area contributed by atoms with Gasteiger partial charge in [-0.25, -0.2) is 0 Å². The number of amides is 1. The summed E-state index contributed by atoms with van der Waals surface area (Å²) in [6.45, 7) is 6.59. The highest BCUT2D eigenvalue weighted by molar-refractivity contribution is 6.07. The lowest BCUT2D eigenvalue weighted by Crippen LogP contribution is -2.41. The SMILES string of the molecule is CCOc1ccccc1C1CC(=O)N(c2cccc(C)c2C)C2=C1C(=O)CCC2. The molecule has 0 spiro atoms. The maximum atomic E-state index is 13.4. The fraction of sp³-hybridized carbons (Fsp3) is 0.360. The maximum absolute atomic E-state index is 13.4. The van der Waals surface area contributed by atoms with E-state index in [0.717, 1.165) is 52.2 Å². The fourth-order valence-corrected chi connectivity index (χ4v) is 4.57. The van der Waals surface area contributed by atoms with E-state index in [9.17, 15) is 9.59 Å². The first-order chi connectivity index (χ1) is 14.0. The Morgan fingerprint density at radius 2 is 1.83 bits per heavy atom. The smallest absolute Gasteiger partial charge is 0.232 e. The van der Waals surface area contributed by atoms with E-state index in [-0.39, 0.29) is 24.0 Å². The summed E-state index contributed by atoms with van der Waals surface area (Å²) in [4.78, 5) is 28.3. The molecule has 1 aliphatic carbocycles. The van der Waals surface area contributed by atoms with Crippen LogP contribution in [0.25, 0.3) is 0 Å². The van der Waals surface area contributed by atoms with Crippen molar-refractivity contribution in [3.63, 3.8) is 0 Å². The van der Waals surface area contributed by atoms with Crippen molar-refractivity contribution in [2.45, 2.75) is 52.4 Å². The Kier molecular flexibility index (Phi) is 5.27. The molecule has 0 bridgehead atoms. The Balaban J connectivity index is 1.89. The number of hydrogen-bond acceptors (Lipinski definition) is 3. The van der Waals surface area contributed by atoms with Crippen molar-refractivity contribution in [2.75, 3.05) is 11.5 Å². The number of rotatable bonds is 4. The van der Waals surface area contributed by atoms with Gasteiger partial charge in [0.05, 0.1) is 12.3 Å². The van der Waals surface area contributed by atoms with Gasteiger partial charge in [0.25, 0.3) is 0 Å². The van der Waals surface area contributed by atoms with Crippen LogP contribution in [0.15, 0.2) is 53.7 Å². The van der Waals surface area contributed by atoms with Crippen LogP contribution in [0.4, 0.5) is 5.69 Å². The predicted octanol–water partition coefficient (Wildman–Crippen LogP) is 5.23. The highest BCUT2D eigenvalue weighted by Crippen LogP contribution is 2.46. The number of nitrogens with zero attached hydrogens (tertiary/aromatic N) is 1. The van der Waals surface area contributed by atoms with E-state index in [1.807, 2.05) is 55.1 Å². The van der Waals surface area contributed by atoms with Crippen molar-refractivity contribution in [2.24, 2.45) is 0 Å². The van der Waals surface area contributed by atoms with Crippen LogP contribution in [0.5, 0.6) is 5.75 Å². The molecule has 2 aromatic carbocycles. The summed E-state index contributed by atoms with van der Waals surface area (Å²) in [5.74, 6) is 0.724. The molecule has 2 aromatic rings. The zero-order chi connectivity index (χ0) is 20.5. The summed E-state index contributed by atoms with van der Waals surface area (Å²) in [6, 6.07) is 13.8. The van der Waals surface area contributed by atoms with Gasteiger partial charge in [0.2, 0.25) is 5.91 Å². The molecule has 0 radical (unpaired) electrons. The fourth-order valence-electron chi connectivity index (χ4n) is 4.57. The molecule has 0 saturated heterocycles. The zero-order valence-electron chi connectivity index (χ0n) is 17.3. The lowest BCUT2D eigenvalue weighted by molar-refractivity contribution is -0.119. The molecule has 150 valence electrons. The molecule has 1 unspecified atom stereocenters. The maximum Gasteiger partial charge on any atom is 0.232 e. The van der Waals surface area contributed by atoms with E-state index in [0.29, 0.717) is 13.0 Å². The lowest BCUT2D eigenvalue weighted by Gasteiger charge is -2.39. The summed E-state index contributed by atoms with van der Waals surface area (Å²) in [7, 11) is 0. The highest BCUT2D eigenvalue weighted by Gasteiger charge is 2.41. The van der Waals surface area contributed by atoms with Crippen LogP contribution in [-0.4, -0.2) is 18.3 Å². The minimum atomic E-state index is -0.241. The van der Waals surface area contributed by atoms with E-state index in [1.54, 1.807) is 0 Å². The van der Waals surface area contributed by atoms with Crippen molar-refractivity contribution in [3.8, 4) is 5.75 Å². The van der Waals surface area contributed by atoms with Crippen molar-refractivity contribution in [1.29, 1.82) is 0 Å². The largest absolute Gasteiger partial charge is 0.494 e. The molecule has 1 atom stereocenters. The number of benzene rings is 2. The average molecular weight is 389 g/mol. The third-order valence-corrected chi connectivity index (χ3v) is 6.09. The molecule has 29 heavy (non-hydrogen) atoms. The van der Waals surface area contributed by atoms with E-state index in [2.05, 4.69) is 13.0 Å². The first-order valence-electron chi connectivity index (χ1n) is 10.4. The number of ketones is 1. The number of allylic oxidation sites excluding steroid dienone is 2. The summed E-state index contributed by atoms with van der Waals surface area (Å²) in [5, 5.41) is 0. The minimum absolute atomic E-state index is 0.0449. The quantitative estimate of drug-likeness (QED) is 0.719. The Morgan fingerprint density at radius 3 is 2.62 bits per heavy atom. The second-order valence-electron chi connectivity index (χ2n) is 7.81. The van der Waals surface area contributed by atoms with Gasteiger partial charge in [0, 0.05) is 35.6 Å². The van der Waals surface area contributed by atoms with Crippen LogP contribution in [0.3, 0.4) is 0 Å². The number of ether oxygens (including phenoxy) is 1. The number of hydrogen-bond donors (Lipinski definition) is 0. The van der Waals surface area contributed by atoms with Gasteiger partial charge in [-0.05, 0) is 56.9 Å². The number of anilines is 1. The number of aryl methyl sites for hydroxylation is 1. The van der Waals surface area contributed by atoms with Gasteiger partial charge >= 0.3 is 0 Å². The lowest BCUT2D eigenvalue weighted by atomic mass is 9.76. The second-order valence-corrected chi connectivity index (χ2v) is 7.81. The van der Waals surface area contributed by atoms with Gasteiger partial charge in [-0.2, -0.15) is 0 Å². The molecule has 0 fully saturated rings. The first kappa shape index (κ1) is 19.4. The standard InChI is InChI=1S/C25H27NO3/c1-4-29-23-14-6-5-10-18(23)19-15-24(28)26(20-11-7-9-16(2)17(20)3)21-12-8-13-22(27)25(19)21/h5-7,9-11,14,19H,4,8,12-13,15H2,1-3H3. The molecule has 2 aliphatic rings. The van der Waals surface area contributed by atoms with E-state index < -0.39 is 0 Å². The Bertz CT molecular complexity index is 1000. The molecule has 4 nitrogen and oxygen atoms in total. The molecule has 1 aliphatic heterocycles. The van der Waals surface area contributed by atoms with Gasteiger partial charge in [0.1, 0.15) is 5.75 Å². The third-order valence-electron chi connectivity index (χ3n) is 6.09. The van der Waals surface area contributed by atoms with Crippen LogP contribution in [-0.2, 0) is 9.59 Å². The van der Waals surface area contributed by atoms with Gasteiger partial charge < -0.3 is 4.74 Å². The summed E-state index contributed by atoms with van der Waals surface area (Å²) < 4.78 is 5.83. The topological polar surface area (TPSA) is 46.6 Å². The van der Waals surface area contributed by atoms with Crippen LogP contribution in [0.2, 0.25) is 0 Å². The third kappa shape index (κ3) is 3.37. The van der Waals surface area contributed by atoms with E-state index >= 15 is 0 Å². The predicted molar refractivity (Wildman–Crippen MR) is 114 cm³/mol. The zero-order valence-corrected chi connectivity index (χ0v) is 17.3. The Morgan fingerprint density at radius 1 is 1.03 bits per heavy atom. The average Bonchev–Trinajstić information content (AvgIpc) is 2.71. The molecule has 4 heteroatoms. The van der Waals surface area contributed by atoms with Gasteiger partial charge in [-0.1, -0.05) is 30.3 Å². The van der Waals surface area contributed by atoms with Crippen molar-refractivity contribution < 1.29 is 14.3 Å². The number of para-hydroxylation sites is 1. The Hall–Kier alpha value is -2.88. The normalized spacial score (nSPS) is 19.4. The van der Waals surface area contributed by atoms with Crippen LogP contribution < -0.4 is 9.64 Å². The molecular weight excluding hydrogens is 362 g/mol. The van der Waals surface area contributed by atoms with Gasteiger partial charge in [-0.3, -0.25) is 14.5 Å². The number of Topliss-reactive ketones (excluding diaryl/α,β-unsaturated/α-hetero) is 1. The first-order valence-corrected chi connectivity index (χ1v) is 10.4.